The Morgan fingerprint density at radius 2 is 1.75 bits per heavy atom. The van der Waals surface area contributed by atoms with Gasteiger partial charge in [-0.15, -0.1) is 5.10 Å². The highest BCUT2D eigenvalue weighted by Crippen LogP contribution is 2.23. The number of nitrogens with zero attached hydrogens (tertiary/aromatic N) is 4. The number of hydrogen-bond donors (Lipinski definition) is 0. The second-order valence-corrected chi connectivity index (χ2v) is 7.23. The number of aryl methyl sites for hydroxylation is 2. The van der Waals surface area contributed by atoms with Gasteiger partial charge in [-0.2, -0.15) is 5.10 Å². The maximum Gasteiger partial charge on any atom is 0.253 e. The maximum absolute atomic E-state index is 12.6. The molecule has 1 aliphatic heterocycles. The van der Waals surface area contributed by atoms with Crippen LogP contribution >= 0.6 is 15.9 Å². The fourth-order valence-corrected chi connectivity index (χ4v) is 3.65. The van der Waals surface area contributed by atoms with Crippen LogP contribution in [0.1, 0.15) is 28.0 Å². The smallest absolute Gasteiger partial charge is 0.253 e. The van der Waals surface area contributed by atoms with Gasteiger partial charge in [0, 0.05) is 36.2 Å². The van der Waals surface area contributed by atoms with E-state index in [1.807, 2.05) is 29.2 Å². The summed E-state index contributed by atoms with van der Waals surface area (Å²) in [4.78, 5) is 16.7. The molecule has 0 unspecified atom stereocenters. The molecule has 2 aliphatic rings. The van der Waals surface area contributed by atoms with Crippen LogP contribution in [0.4, 0.5) is 5.82 Å². The average Bonchev–Trinajstić information content (AvgIpc) is 3.09. The molecule has 1 aliphatic carbocycles. The third kappa shape index (κ3) is 3.02. The number of carbonyl (C=O) groups excluding carboxylic acids is 1. The summed E-state index contributed by atoms with van der Waals surface area (Å²) in [5.74, 6) is 1.05. The highest BCUT2D eigenvalue weighted by molar-refractivity contribution is 9.10. The Kier molecular flexibility index (Phi) is 4.22. The lowest BCUT2D eigenvalue weighted by atomic mass is 10.2. The molecule has 1 amide bonds. The molecule has 0 saturated carbocycles. The van der Waals surface area contributed by atoms with Crippen molar-refractivity contribution in [3.63, 3.8) is 0 Å². The topological polar surface area (TPSA) is 49.3 Å². The number of amides is 1. The number of rotatable bonds is 2. The number of piperazine rings is 1. The maximum atomic E-state index is 12.6. The van der Waals surface area contributed by atoms with E-state index in [1.165, 1.54) is 12.0 Å². The van der Waals surface area contributed by atoms with E-state index in [0.717, 1.165) is 47.5 Å². The van der Waals surface area contributed by atoms with Gasteiger partial charge in [-0.25, -0.2) is 0 Å². The molecule has 24 heavy (non-hydrogen) atoms. The van der Waals surface area contributed by atoms with Crippen LogP contribution in [0.25, 0.3) is 0 Å². The van der Waals surface area contributed by atoms with Crippen molar-refractivity contribution in [3.05, 3.63) is 51.6 Å². The highest BCUT2D eigenvalue weighted by atomic mass is 79.9. The highest BCUT2D eigenvalue weighted by Gasteiger charge is 2.24. The molecule has 6 heteroatoms. The van der Waals surface area contributed by atoms with Crippen LogP contribution in [0.2, 0.25) is 0 Å². The normalized spacial score (nSPS) is 17.0. The van der Waals surface area contributed by atoms with Gasteiger partial charge in [0.15, 0.2) is 5.82 Å². The first-order valence-electron chi connectivity index (χ1n) is 8.36. The fourth-order valence-electron chi connectivity index (χ4n) is 3.39. The van der Waals surface area contributed by atoms with Gasteiger partial charge in [0.05, 0.1) is 5.69 Å². The second kappa shape index (κ2) is 6.51. The van der Waals surface area contributed by atoms with Crippen molar-refractivity contribution in [2.24, 2.45) is 0 Å². The summed E-state index contributed by atoms with van der Waals surface area (Å²) < 4.78 is 0.985. The van der Waals surface area contributed by atoms with Gasteiger partial charge in [0.1, 0.15) is 0 Å². The van der Waals surface area contributed by atoms with Crippen LogP contribution in [-0.2, 0) is 12.8 Å². The molecule has 1 fully saturated rings. The number of hydrogen-bond acceptors (Lipinski definition) is 4. The number of carbonyl (C=O) groups is 1. The van der Waals surface area contributed by atoms with Gasteiger partial charge in [-0.05, 0) is 55.2 Å². The van der Waals surface area contributed by atoms with Crippen molar-refractivity contribution in [3.8, 4) is 0 Å². The monoisotopic (exact) mass is 386 g/mol. The van der Waals surface area contributed by atoms with Gasteiger partial charge < -0.3 is 9.80 Å². The lowest BCUT2D eigenvalue weighted by Gasteiger charge is -2.35. The molecular weight excluding hydrogens is 368 g/mol. The molecule has 0 radical (unpaired) electrons. The van der Waals surface area contributed by atoms with Crippen LogP contribution in [-0.4, -0.2) is 47.2 Å². The zero-order valence-electron chi connectivity index (χ0n) is 13.4. The minimum absolute atomic E-state index is 0.0992. The largest absolute Gasteiger partial charge is 0.352 e. The lowest BCUT2D eigenvalue weighted by Crippen LogP contribution is -2.49. The molecule has 0 spiro atoms. The van der Waals surface area contributed by atoms with Crippen molar-refractivity contribution in [1.82, 2.24) is 15.1 Å². The van der Waals surface area contributed by atoms with Crippen LogP contribution in [0.5, 0.6) is 0 Å². The molecule has 1 saturated heterocycles. The molecular formula is C18H19BrN4O. The van der Waals surface area contributed by atoms with Crippen molar-refractivity contribution in [1.29, 1.82) is 0 Å². The Hall–Kier alpha value is -1.95. The minimum atomic E-state index is 0.0992. The summed E-state index contributed by atoms with van der Waals surface area (Å²) in [5, 5.41) is 8.75. The number of halogens is 1. The predicted octanol–water partition coefficient (Wildman–Crippen LogP) is 2.69. The average molecular weight is 387 g/mol. The summed E-state index contributed by atoms with van der Waals surface area (Å²) in [6, 6.07) is 9.73. The number of anilines is 1. The lowest BCUT2D eigenvalue weighted by molar-refractivity contribution is 0.0746. The van der Waals surface area contributed by atoms with E-state index >= 15 is 0 Å². The van der Waals surface area contributed by atoms with Crippen LogP contribution in [0.15, 0.2) is 34.8 Å². The van der Waals surface area contributed by atoms with Crippen LogP contribution < -0.4 is 4.90 Å². The SMILES string of the molecule is O=C(c1ccc(Br)cc1)N1CCN(c2cc3c(nn2)CCC3)CC1. The minimum Gasteiger partial charge on any atom is -0.352 e. The third-order valence-electron chi connectivity index (χ3n) is 4.79. The van der Waals surface area contributed by atoms with Gasteiger partial charge >= 0.3 is 0 Å². The van der Waals surface area contributed by atoms with E-state index in [0.29, 0.717) is 13.1 Å². The van der Waals surface area contributed by atoms with Crippen molar-refractivity contribution in [2.45, 2.75) is 19.3 Å². The molecule has 124 valence electrons. The van der Waals surface area contributed by atoms with E-state index in [2.05, 4.69) is 37.1 Å². The Labute approximate surface area is 149 Å². The zero-order valence-corrected chi connectivity index (χ0v) is 15.0. The van der Waals surface area contributed by atoms with Crippen molar-refractivity contribution in [2.75, 3.05) is 31.1 Å². The number of benzene rings is 1. The van der Waals surface area contributed by atoms with E-state index < -0.39 is 0 Å². The van der Waals surface area contributed by atoms with E-state index in [4.69, 9.17) is 0 Å². The Balaban J connectivity index is 1.41. The molecule has 2 aromatic rings. The van der Waals surface area contributed by atoms with E-state index in [1.54, 1.807) is 0 Å². The summed E-state index contributed by atoms with van der Waals surface area (Å²) in [5.41, 5.74) is 3.24. The molecule has 4 rings (SSSR count). The van der Waals surface area contributed by atoms with Gasteiger partial charge in [0.2, 0.25) is 0 Å². The molecule has 1 aromatic carbocycles. The summed E-state index contributed by atoms with van der Waals surface area (Å²) >= 11 is 3.40. The van der Waals surface area contributed by atoms with Crippen molar-refractivity contribution < 1.29 is 4.79 Å². The standard InChI is InChI=1S/C18H19BrN4O/c19-15-6-4-13(5-7-15)18(24)23-10-8-22(9-11-23)17-12-14-2-1-3-16(14)20-21-17/h4-7,12H,1-3,8-11H2. The summed E-state index contributed by atoms with van der Waals surface area (Å²) in [6.45, 7) is 3.03. The first-order valence-corrected chi connectivity index (χ1v) is 9.15. The van der Waals surface area contributed by atoms with Gasteiger partial charge in [0.25, 0.3) is 5.91 Å². The van der Waals surface area contributed by atoms with Crippen LogP contribution in [0.3, 0.4) is 0 Å². The first-order chi connectivity index (χ1) is 11.7. The number of aromatic nitrogens is 2. The second-order valence-electron chi connectivity index (χ2n) is 6.31. The Morgan fingerprint density at radius 3 is 2.50 bits per heavy atom. The summed E-state index contributed by atoms with van der Waals surface area (Å²) in [6.07, 6.45) is 3.35. The Morgan fingerprint density at radius 1 is 1.00 bits per heavy atom. The van der Waals surface area contributed by atoms with Crippen LogP contribution in [0, 0.1) is 0 Å². The van der Waals surface area contributed by atoms with Gasteiger partial charge in [-0.3, -0.25) is 4.79 Å². The predicted molar refractivity (Wildman–Crippen MR) is 96.3 cm³/mol. The quantitative estimate of drug-likeness (QED) is 0.795. The first kappa shape index (κ1) is 15.6. The summed E-state index contributed by atoms with van der Waals surface area (Å²) in [7, 11) is 0. The third-order valence-corrected chi connectivity index (χ3v) is 5.32. The van der Waals surface area contributed by atoms with Crippen molar-refractivity contribution >= 4 is 27.7 Å². The molecule has 2 heterocycles. The molecule has 0 N–H and O–H groups in total. The molecule has 1 aromatic heterocycles. The van der Waals surface area contributed by atoms with E-state index in [-0.39, 0.29) is 5.91 Å². The molecule has 0 bridgehead atoms. The van der Waals surface area contributed by atoms with Gasteiger partial charge in [-0.1, -0.05) is 15.9 Å². The molecule has 0 atom stereocenters. The zero-order chi connectivity index (χ0) is 16.5. The Bertz CT molecular complexity index is 754. The fraction of sp³-hybridized carbons (Fsp3) is 0.389. The molecule has 5 nitrogen and oxygen atoms in total. The number of fused-ring (bicyclic) bond motifs is 1. The van der Waals surface area contributed by atoms with E-state index in [9.17, 15) is 4.79 Å².